The van der Waals surface area contributed by atoms with Gasteiger partial charge in [0.15, 0.2) is 11.9 Å². The van der Waals surface area contributed by atoms with Crippen LogP contribution in [0.3, 0.4) is 0 Å². The minimum Gasteiger partial charge on any atom is -0.479 e. The normalized spacial score (nSPS) is 19.1. The molecule has 0 amide bonds. The molecule has 2 aromatic heterocycles. The quantitative estimate of drug-likeness (QED) is 0.829. The summed E-state index contributed by atoms with van der Waals surface area (Å²) in [4.78, 5) is 4.45. The highest BCUT2D eigenvalue weighted by Crippen LogP contribution is 2.38. The summed E-state index contributed by atoms with van der Waals surface area (Å²) >= 11 is 3.34. The van der Waals surface area contributed by atoms with Gasteiger partial charge in [-0.15, -0.1) is 22.7 Å². The standard InChI is InChI=1S/C10H10N2OS2/c1-6-12-7(5-15-6)9-4-11-10-8(13-9)2-3-14-10/h2-3,5,9,11H,4H2,1H3. The lowest BCUT2D eigenvalue weighted by Crippen LogP contribution is -2.22. The number of anilines is 1. The van der Waals surface area contributed by atoms with Crippen LogP contribution in [0.25, 0.3) is 0 Å². The summed E-state index contributed by atoms with van der Waals surface area (Å²) in [6, 6.07) is 2.00. The summed E-state index contributed by atoms with van der Waals surface area (Å²) in [5.74, 6) is 0.946. The maximum Gasteiger partial charge on any atom is 0.159 e. The van der Waals surface area contributed by atoms with E-state index in [1.165, 1.54) is 0 Å². The van der Waals surface area contributed by atoms with Crippen molar-refractivity contribution in [1.82, 2.24) is 4.98 Å². The van der Waals surface area contributed by atoms with Gasteiger partial charge in [0.1, 0.15) is 5.00 Å². The van der Waals surface area contributed by atoms with Crippen molar-refractivity contribution < 1.29 is 4.74 Å². The van der Waals surface area contributed by atoms with Crippen molar-refractivity contribution in [2.75, 3.05) is 11.9 Å². The molecule has 0 aliphatic carbocycles. The van der Waals surface area contributed by atoms with E-state index in [4.69, 9.17) is 4.74 Å². The molecule has 2 aromatic rings. The van der Waals surface area contributed by atoms with Crippen molar-refractivity contribution in [2.24, 2.45) is 0 Å². The first-order valence-electron chi connectivity index (χ1n) is 4.73. The van der Waals surface area contributed by atoms with E-state index in [9.17, 15) is 0 Å². The predicted octanol–water partition coefficient (Wildman–Crippen LogP) is 3.06. The fourth-order valence-electron chi connectivity index (χ4n) is 1.59. The van der Waals surface area contributed by atoms with Gasteiger partial charge in [-0.25, -0.2) is 4.98 Å². The first-order valence-corrected chi connectivity index (χ1v) is 6.49. The lowest BCUT2D eigenvalue weighted by Gasteiger charge is -2.23. The van der Waals surface area contributed by atoms with Gasteiger partial charge in [0.25, 0.3) is 0 Å². The number of aryl methyl sites for hydroxylation is 1. The van der Waals surface area contributed by atoms with Crippen molar-refractivity contribution in [3.63, 3.8) is 0 Å². The van der Waals surface area contributed by atoms with Crippen molar-refractivity contribution >= 4 is 27.7 Å². The summed E-state index contributed by atoms with van der Waals surface area (Å²) < 4.78 is 5.86. The highest BCUT2D eigenvalue weighted by atomic mass is 32.1. The van der Waals surface area contributed by atoms with Crippen molar-refractivity contribution in [3.05, 3.63) is 27.5 Å². The second kappa shape index (κ2) is 3.50. The molecule has 15 heavy (non-hydrogen) atoms. The number of nitrogens with one attached hydrogen (secondary N) is 1. The van der Waals surface area contributed by atoms with Crippen LogP contribution in [0.1, 0.15) is 16.8 Å². The second-order valence-corrected chi connectivity index (χ2v) is 5.37. The zero-order chi connectivity index (χ0) is 10.3. The lowest BCUT2D eigenvalue weighted by molar-refractivity contribution is 0.207. The molecule has 5 heteroatoms. The van der Waals surface area contributed by atoms with E-state index in [1.807, 2.05) is 18.4 Å². The molecule has 1 N–H and O–H groups in total. The summed E-state index contributed by atoms with van der Waals surface area (Å²) in [6.45, 7) is 2.82. The van der Waals surface area contributed by atoms with Gasteiger partial charge in [0, 0.05) is 5.38 Å². The van der Waals surface area contributed by atoms with E-state index in [0.29, 0.717) is 0 Å². The Morgan fingerprint density at radius 2 is 2.47 bits per heavy atom. The number of hydrogen-bond acceptors (Lipinski definition) is 5. The molecule has 0 fully saturated rings. The maximum atomic E-state index is 5.86. The van der Waals surface area contributed by atoms with E-state index in [1.54, 1.807) is 22.7 Å². The summed E-state index contributed by atoms with van der Waals surface area (Å²) in [5.41, 5.74) is 1.03. The van der Waals surface area contributed by atoms with Gasteiger partial charge in [-0.1, -0.05) is 0 Å². The van der Waals surface area contributed by atoms with Crippen LogP contribution in [0.5, 0.6) is 5.75 Å². The molecule has 1 atom stereocenters. The largest absolute Gasteiger partial charge is 0.479 e. The molecule has 0 saturated heterocycles. The lowest BCUT2D eigenvalue weighted by atomic mass is 10.2. The minimum absolute atomic E-state index is 0.0528. The second-order valence-electron chi connectivity index (χ2n) is 3.39. The van der Waals surface area contributed by atoms with E-state index >= 15 is 0 Å². The fraction of sp³-hybridized carbons (Fsp3) is 0.300. The first kappa shape index (κ1) is 9.18. The Labute approximate surface area is 95.7 Å². The molecule has 78 valence electrons. The third kappa shape index (κ3) is 1.61. The molecule has 0 spiro atoms. The SMILES string of the molecule is Cc1nc(C2CNc3sccc3O2)cs1. The van der Waals surface area contributed by atoms with E-state index in [2.05, 4.69) is 15.7 Å². The topological polar surface area (TPSA) is 34.2 Å². The molecule has 1 aliphatic heterocycles. The van der Waals surface area contributed by atoms with Gasteiger partial charge in [-0.3, -0.25) is 0 Å². The van der Waals surface area contributed by atoms with Gasteiger partial charge in [0.2, 0.25) is 0 Å². The van der Waals surface area contributed by atoms with E-state index < -0.39 is 0 Å². The molecule has 1 aliphatic rings. The van der Waals surface area contributed by atoms with Crippen LogP contribution in [0.4, 0.5) is 5.00 Å². The number of rotatable bonds is 1. The number of ether oxygens (including phenoxy) is 1. The van der Waals surface area contributed by atoms with Crippen LogP contribution in [-0.2, 0) is 0 Å². The summed E-state index contributed by atoms with van der Waals surface area (Å²) in [5, 5.41) is 9.67. The molecule has 1 unspecified atom stereocenters. The molecule has 0 aromatic carbocycles. The van der Waals surface area contributed by atoms with Crippen LogP contribution < -0.4 is 10.1 Å². The average molecular weight is 238 g/mol. The zero-order valence-corrected chi connectivity index (χ0v) is 9.82. The molecule has 3 heterocycles. The van der Waals surface area contributed by atoms with Crippen LogP contribution >= 0.6 is 22.7 Å². The summed E-state index contributed by atoms with van der Waals surface area (Å²) in [6.07, 6.45) is 0.0528. The highest BCUT2D eigenvalue weighted by Gasteiger charge is 2.23. The minimum atomic E-state index is 0.0528. The predicted molar refractivity (Wildman–Crippen MR) is 63.0 cm³/mol. The number of hydrogen-bond donors (Lipinski definition) is 1. The summed E-state index contributed by atoms with van der Waals surface area (Å²) in [7, 11) is 0. The Morgan fingerprint density at radius 1 is 1.53 bits per heavy atom. The van der Waals surface area contributed by atoms with Gasteiger partial charge < -0.3 is 10.1 Å². The van der Waals surface area contributed by atoms with Crippen LogP contribution in [0, 0.1) is 6.92 Å². The molecule has 0 saturated carbocycles. The Bertz CT molecular complexity index is 477. The van der Waals surface area contributed by atoms with E-state index in [0.717, 1.165) is 28.0 Å². The smallest absolute Gasteiger partial charge is 0.159 e. The van der Waals surface area contributed by atoms with Crippen molar-refractivity contribution in [2.45, 2.75) is 13.0 Å². The molecule has 0 radical (unpaired) electrons. The van der Waals surface area contributed by atoms with Gasteiger partial charge in [-0.05, 0) is 18.4 Å². The molecular weight excluding hydrogens is 228 g/mol. The highest BCUT2D eigenvalue weighted by molar-refractivity contribution is 7.14. The molecule has 3 rings (SSSR count). The average Bonchev–Trinajstić information content (AvgIpc) is 2.84. The number of nitrogens with zero attached hydrogens (tertiary/aromatic N) is 1. The third-order valence-corrected chi connectivity index (χ3v) is 3.96. The van der Waals surface area contributed by atoms with Gasteiger partial charge in [-0.2, -0.15) is 0 Å². The Balaban J connectivity index is 1.87. The molecule has 3 nitrogen and oxygen atoms in total. The fourth-order valence-corrected chi connectivity index (χ4v) is 2.97. The van der Waals surface area contributed by atoms with Crippen LogP contribution in [0.15, 0.2) is 16.8 Å². The van der Waals surface area contributed by atoms with E-state index in [-0.39, 0.29) is 6.10 Å². The molecule has 0 bridgehead atoms. The van der Waals surface area contributed by atoms with Crippen molar-refractivity contribution in [1.29, 1.82) is 0 Å². The Morgan fingerprint density at radius 3 is 3.27 bits per heavy atom. The number of fused-ring (bicyclic) bond motifs is 1. The number of thiazole rings is 1. The first-order chi connectivity index (χ1) is 7.33. The van der Waals surface area contributed by atoms with Crippen LogP contribution in [-0.4, -0.2) is 11.5 Å². The monoisotopic (exact) mass is 238 g/mol. The maximum absolute atomic E-state index is 5.86. The number of thiophene rings is 1. The molecular formula is C10H10N2OS2. The third-order valence-electron chi connectivity index (χ3n) is 2.31. The Kier molecular flexibility index (Phi) is 2.14. The number of aromatic nitrogens is 1. The van der Waals surface area contributed by atoms with Gasteiger partial charge >= 0.3 is 0 Å². The van der Waals surface area contributed by atoms with Crippen molar-refractivity contribution in [3.8, 4) is 5.75 Å². The van der Waals surface area contributed by atoms with Gasteiger partial charge in [0.05, 0.1) is 17.2 Å². The Hall–Kier alpha value is -1.07. The zero-order valence-electron chi connectivity index (χ0n) is 8.19. The van der Waals surface area contributed by atoms with Crippen LogP contribution in [0.2, 0.25) is 0 Å².